The number of ketones is 1. The van der Waals surface area contributed by atoms with E-state index in [9.17, 15) is 4.79 Å². The first kappa shape index (κ1) is 21.9. The van der Waals surface area contributed by atoms with Gasteiger partial charge in [-0.1, -0.05) is 59.7 Å². The molecular weight excluding hydrogens is 372 g/mol. The number of carbonyl (C=O) groups is 1. The number of methoxy groups -OCH3 is 2. The zero-order valence-corrected chi connectivity index (χ0v) is 18.5. The second kappa shape index (κ2) is 10.3. The lowest BCUT2D eigenvalue weighted by molar-refractivity contribution is 0.0889. The van der Waals surface area contributed by atoms with Crippen LogP contribution in [0.1, 0.15) is 61.4 Å². The highest BCUT2D eigenvalue weighted by Crippen LogP contribution is 2.43. The minimum atomic E-state index is -0.134. The summed E-state index contributed by atoms with van der Waals surface area (Å²) in [4.78, 5) is 13.8. The Bertz CT molecular complexity index is 898. The summed E-state index contributed by atoms with van der Waals surface area (Å²) in [5.41, 5.74) is 4.56. The van der Waals surface area contributed by atoms with Crippen molar-refractivity contribution >= 4 is 5.78 Å². The van der Waals surface area contributed by atoms with Crippen molar-refractivity contribution in [3.8, 4) is 11.5 Å². The third-order valence-electron chi connectivity index (χ3n) is 5.89. The maximum Gasteiger partial charge on any atom is 0.174 e. The van der Waals surface area contributed by atoms with Gasteiger partial charge in [-0.25, -0.2) is 0 Å². The number of carbonyl (C=O) groups excluding carboxylic acids is 1. The Kier molecular flexibility index (Phi) is 7.51. The van der Waals surface area contributed by atoms with Crippen molar-refractivity contribution in [2.75, 3.05) is 14.2 Å². The van der Waals surface area contributed by atoms with Crippen LogP contribution in [0.5, 0.6) is 11.5 Å². The first-order valence-corrected chi connectivity index (χ1v) is 10.7. The fourth-order valence-electron chi connectivity index (χ4n) is 4.34. The van der Waals surface area contributed by atoms with Crippen LogP contribution >= 0.6 is 0 Å². The molecule has 0 radical (unpaired) electrons. The summed E-state index contributed by atoms with van der Waals surface area (Å²) < 4.78 is 11.0. The molecule has 3 heteroatoms. The average Bonchev–Trinajstić information content (AvgIpc) is 2.78. The molecular formula is C27H32O3. The Morgan fingerprint density at radius 2 is 1.67 bits per heavy atom. The number of allylic oxidation sites excluding steroid dienone is 4. The Morgan fingerprint density at radius 3 is 2.27 bits per heavy atom. The van der Waals surface area contributed by atoms with E-state index in [2.05, 4.69) is 50.3 Å². The lowest BCUT2D eigenvalue weighted by atomic mass is 9.72. The van der Waals surface area contributed by atoms with Gasteiger partial charge in [0.15, 0.2) is 5.78 Å². The Labute approximate surface area is 180 Å². The molecule has 30 heavy (non-hydrogen) atoms. The first-order chi connectivity index (χ1) is 14.5. The molecule has 3 rings (SSSR count). The van der Waals surface area contributed by atoms with Crippen molar-refractivity contribution in [1.29, 1.82) is 0 Å². The number of benzene rings is 2. The summed E-state index contributed by atoms with van der Waals surface area (Å²) in [7, 11) is 3.20. The molecule has 0 bridgehead atoms. The van der Waals surface area contributed by atoms with Crippen LogP contribution in [-0.4, -0.2) is 20.0 Å². The zero-order chi connectivity index (χ0) is 21.5. The van der Waals surface area contributed by atoms with Gasteiger partial charge in [0, 0.05) is 5.92 Å². The molecule has 2 aromatic carbocycles. The van der Waals surface area contributed by atoms with Gasteiger partial charge in [-0.05, 0) is 63.1 Å². The number of Topliss-reactive ketones (excluding diaryl/α,β-unsaturated/α-hetero) is 1. The second-order valence-electron chi connectivity index (χ2n) is 8.15. The summed E-state index contributed by atoms with van der Waals surface area (Å²) >= 11 is 0. The lowest BCUT2D eigenvalue weighted by Crippen LogP contribution is -2.26. The average molecular weight is 405 g/mol. The molecule has 1 aliphatic rings. The van der Waals surface area contributed by atoms with E-state index in [1.807, 2.05) is 24.3 Å². The lowest BCUT2D eigenvalue weighted by Gasteiger charge is -2.31. The van der Waals surface area contributed by atoms with Gasteiger partial charge < -0.3 is 9.47 Å². The van der Waals surface area contributed by atoms with Crippen molar-refractivity contribution < 1.29 is 14.3 Å². The van der Waals surface area contributed by atoms with Crippen LogP contribution in [0.15, 0.2) is 71.8 Å². The van der Waals surface area contributed by atoms with Gasteiger partial charge in [-0.2, -0.15) is 0 Å². The number of hydrogen-bond donors (Lipinski definition) is 0. The predicted octanol–water partition coefficient (Wildman–Crippen LogP) is 6.75. The van der Waals surface area contributed by atoms with Gasteiger partial charge in [0.05, 0.1) is 14.2 Å². The summed E-state index contributed by atoms with van der Waals surface area (Å²) in [5.74, 6) is 1.26. The maximum absolute atomic E-state index is 13.8. The van der Waals surface area contributed by atoms with Crippen molar-refractivity contribution in [2.45, 2.75) is 45.4 Å². The first-order valence-electron chi connectivity index (χ1n) is 10.7. The van der Waals surface area contributed by atoms with E-state index in [0.29, 0.717) is 17.1 Å². The van der Waals surface area contributed by atoms with Crippen LogP contribution in [-0.2, 0) is 0 Å². The van der Waals surface area contributed by atoms with Gasteiger partial charge >= 0.3 is 0 Å². The van der Waals surface area contributed by atoms with Crippen molar-refractivity contribution in [1.82, 2.24) is 0 Å². The minimum absolute atomic E-state index is 0.0951. The molecule has 0 fully saturated rings. The molecule has 0 aliphatic heterocycles. The molecule has 0 amide bonds. The molecule has 0 unspecified atom stereocenters. The van der Waals surface area contributed by atoms with E-state index < -0.39 is 0 Å². The fraction of sp³-hybridized carbons (Fsp3) is 0.370. The van der Waals surface area contributed by atoms with E-state index >= 15 is 0 Å². The van der Waals surface area contributed by atoms with Gasteiger partial charge in [0.1, 0.15) is 17.1 Å². The maximum atomic E-state index is 13.8. The molecule has 0 N–H and O–H groups in total. The van der Waals surface area contributed by atoms with Gasteiger partial charge in [0.25, 0.3) is 0 Å². The molecule has 3 nitrogen and oxygen atoms in total. The summed E-state index contributed by atoms with van der Waals surface area (Å²) in [6.07, 6.45) is 8.32. The molecule has 0 aromatic heterocycles. The highest BCUT2D eigenvalue weighted by atomic mass is 16.5. The summed E-state index contributed by atoms with van der Waals surface area (Å²) in [6.45, 7) is 4.27. The monoisotopic (exact) mass is 404 g/mol. The molecule has 2 aromatic rings. The van der Waals surface area contributed by atoms with Crippen LogP contribution in [0, 0.1) is 5.92 Å². The largest absolute Gasteiger partial charge is 0.496 e. The van der Waals surface area contributed by atoms with E-state index in [1.165, 1.54) is 16.7 Å². The molecule has 0 saturated heterocycles. The third-order valence-corrected chi connectivity index (χ3v) is 5.89. The van der Waals surface area contributed by atoms with E-state index in [-0.39, 0.29) is 17.6 Å². The van der Waals surface area contributed by atoms with Crippen LogP contribution < -0.4 is 9.47 Å². The molecule has 0 heterocycles. The summed E-state index contributed by atoms with van der Waals surface area (Å²) in [6, 6.07) is 15.9. The third kappa shape index (κ3) is 5.02. The summed E-state index contributed by atoms with van der Waals surface area (Å²) in [5, 5.41) is 0. The standard InChI is InChI=1S/C27H32O3/c1-19(2)10-8-11-20-16-17-22(23(18-20)21-12-6-5-7-13-21)27(28)26-24(29-3)14-9-15-25(26)30-4/h5-7,9-10,12-16,22-23H,8,11,17-18H2,1-4H3/t22-,23+/m1/s1. The Hall–Kier alpha value is -2.81. The molecule has 2 atom stereocenters. The number of rotatable bonds is 8. The molecule has 1 aliphatic carbocycles. The van der Waals surface area contributed by atoms with Crippen molar-refractivity contribution in [3.63, 3.8) is 0 Å². The van der Waals surface area contributed by atoms with Gasteiger partial charge in [0.2, 0.25) is 0 Å². The molecule has 158 valence electrons. The van der Waals surface area contributed by atoms with Crippen LogP contribution in [0.4, 0.5) is 0 Å². The topological polar surface area (TPSA) is 35.5 Å². The van der Waals surface area contributed by atoms with Gasteiger partial charge in [-0.3, -0.25) is 4.79 Å². The normalized spacial score (nSPS) is 18.3. The highest BCUT2D eigenvalue weighted by molar-refractivity contribution is 6.03. The second-order valence-corrected chi connectivity index (χ2v) is 8.15. The zero-order valence-electron chi connectivity index (χ0n) is 18.5. The van der Waals surface area contributed by atoms with Crippen LogP contribution in [0.3, 0.4) is 0 Å². The number of ether oxygens (including phenoxy) is 2. The van der Waals surface area contributed by atoms with Gasteiger partial charge in [-0.15, -0.1) is 0 Å². The van der Waals surface area contributed by atoms with E-state index in [0.717, 1.165) is 25.7 Å². The fourth-order valence-corrected chi connectivity index (χ4v) is 4.34. The van der Waals surface area contributed by atoms with Crippen molar-refractivity contribution in [3.05, 3.63) is 83.0 Å². The minimum Gasteiger partial charge on any atom is -0.496 e. The Balaban J connectivity index is 1.95. The van der Waals surface area contributed by atoms with Crippen molar-refractivity contribution in [2.24, 2.45) is 5.92 Å². The highest BCUT2D eigenvalue weighted by Gasteiger charge is 2.35. The van der Waals surface area contributed by atoms with E-state index in [1.54, 1.807) is 14.2 Å². The SMILES string of the molecule is COc1cccc(OC)c1C(=O)[C@@H]1CC=C(CCC=C(C)C)C[C@H]1c1ccccc1. The van der Waals surface area contributed by atoms with E-state index in [4.69, 9.17) is 9.47 Å². The predicted molar refractivity (Wildman–Crippen MR) is 123 cm³/mol. The number of hydrogen-bond acceptors (Lipinski definition) is 3. The van der Waals surface area contributed by atoms with Crippen LogP contribution in [0.2, 0.25) is 0 Å². The quantitative estimate of drug-likeness (QED) is 0.360. The molecule has 0 saturated carbocycles. The van der Waals surface area contributed by atoms with Crippen LogP contribution in [0.25, 0.3) is 0 Å². The smallest absolute Gasteiger partial charge is 0.174 e. The Morgan fingerprint density at radius 1 is 1.00 bits per heavy atom. The molecule has 0 spiro atoms.